The summed E-state index contributed by atoms with van der Waals surface area (Å²) in [5, 5.41) is 13.3. The molecule has 0 unspecified atom stereocenters. The van der Waals surface area contributed by atoms with Crippen molar-refractivity contribution in [1.29, 1.82) is 0 Å². The molecule has 1 heterocycles. The molecule has 1 aliphatic carbocycles. The zero-order valence-electron chi connectivity index (χ0n) is 13.9. The highest BCUT2D eigenvalue weighted by atomic mass is 16.4. The van der Waals surface area contributed by atoms with Crippen LogP contribution in [0.3, 0.4) is 0 Å². The maximum atomic E-state index is 12.5. The van der Waals surface area contributed by atoms with E-state index in [9.17, 15) is 14.7 Å². The number of hydrogen-bond donors (Lipinski definition) is 3. The van der Waals surface area contributed by atoms with E-state index in [4.69, 9.17) is 0 Å². The topological polar surface area (TPSA) is 82.2 Å². The Bertz CT molecular complexity index is 737. The summed E-state index contributed by atoms with van der Waals surface area (Å²) in [6.45, 7) is 2.08. The molecule has 1 aliphatic rings. The maximum Gasteiger partial charge on any atom is 0.326 e. The summed E-state index contributed by atoms with van der Waals surface area (Å²) in [5.74, 6) is -0.851. The number of para-hydroxylation sites is 1. The largest absolute Gasteiger partial charge is 0.480 e. The van der Waals surface area contributed by atoms with E-state index in [0.717, 1.165) is 42.1 Å². The third-order valence-electron chi connectivity index (χ3n) is 5.16. The first-order chi connectivity index (χ1) is 11.6. The van der Waals surface area contributed by atoms with E-state index in [1.807, 2.05) is 30.5 Å². The molecule has 0 spiro atoms. The van der Waals surface area contributed by atoms with Crippen molar-refractivity contribution >= 4 is 22.8 Å². The lowest BCUT2D eigenvalue weighted by Gasteiger charge is -2.28. The van der Waals surface area contributed by atoms with Gasteiger partial charge in [0, 0.05) is 29.4 Å². The molecule has 1 fully saturated rings. The van der Waals surface area contributed by atoms with Gasteiger partial charge in [-0.15, -0.1) is 0 Å². The summed E-state index contributed by atoms with van der Waals surface area (Å²) in [4.78, 5) is 27.3. The molecule has 2 aromatic rings. The Morgan fingerprint density at radius 1 is 1.29 bits per heavy atom. The van der Waals surface area contributed by atoms with Crippen LogP contribution in [0.15, 0.2) is 30.5 Å². The van der Waals surface area contributed by atoms with E-state index in [1.54, 1.807) is 0 Å². The number of fused-ring (bicyclic) bond motifs is 1. The Kier molecular flexibility index (Phi) is 4.88. The fourth-order valence-electron chi connectivity index (χ4n) is 3.71. The fourth-order valence-corrected chi connectivity index (χ4v) is 3.71. The number of carboxylic acids is 1. The number of hydrogen-bond acceptors (Lipinski definition) is 2. The second-order valence-corrected chi connectivity index (χ2v) is 6.83. The number of H-pyrrole nitrogens is 1. The molecule has 1 saturated carbocycles. The number of aliphatic carboxylic acids is 1. The van der Waals surface area contributed by atoms with Crippen molar-refractivity contribution in [2.45, 2.75) is 45.1 Å². The first-order valence-corrected chi connectivity index (χ1v) is 8.64. The van der Waals surface area contributed by atoms with Crippen LogP contribution in [0, 0.1) is 11.8 Å². The summed E-state index contributed by atoms with van der Waals surface area (Å²) < 4.78 is 0. The molecule has 1 aromatic heterocycles. The molecule has 0 bridgehead atoms. The number of carbonyl (C=O) groups is 2. The summed E-state index contributed by atoms with van der Waals surface area (Å²) in [5.41, 5.74) is 1.89. The Hall–Kier alpha value is -2.30. The van der Waals surface area contributed by atoms with Crippen LogP contribution in [-0.2, 0) is 16.0 Å². The van der Waals surface area contributed by atoms with Crippen molar-refractivity contribution in [3.63, 3.8) is 0 Å². The first-order valence-electron chi connectivity index (χ1n) is 8.64. The molecule has 24 heavy (non-hydrogen) atoms. The van der Waals surface area contributed by atoms with Crippen molar-refractivity contribution in [1.82, 2.24) is 10.3 Å². The molecule has 5 nitrogen and oxygen atoms in total. The number of amides is 1. The van der Waals surface area contributed by atoms with Crippen LogP contribution in [0.2, 0.25) is 0 Å². The van der Waals surface area contributed by atoms with Crippen LogP contribution in [0.5, 0.6) is 0 Å². The molecular weight excluding hydrogens is 304 g/mol. The minimum absolute atomic E-state index is 0.0661. The molecule has 1 aromatic carbocycles. The van der Waals surface area contributed by atoms with E-state index in [-0.39, 0.29) is 18.2 Å². The average molecular weight is 328 g/mol. The zero-order valence-corrected chi connectivity index (χ0v) is 13.9. The van der Waals surface area contributed by atoms with Gasteiger partial charge in [-0.2, -0.15) is 0 Å². The molecule has 3 rings (SSSR count). The molecule has 3 N–H and O–H groups in total. The van der Waals surface area contributed by atoms with Crippen LogP contribution in [0.4, 0.5) is 0 Å². The van der Waals surface area contributed by atoms with E-state index >= 15 is 0 Å². The molecule has 0 radical (unpaired) electrons. The summed E-state index contributed by atoms with van der Waals surface area (Å²) in [6.07, 6.45) is 6.21. The van der Waals surface area contributed by atoms with Crippen LogP contribution in [0.25, 0.3) is 10.9 Å². The lowest BCUT2D eigenvalue weighted by Crippen LogP contribution is -2.46. The minimum atomic E-state index is -0.989. The van der Waals surface area contributed by atoms with Gasteiger partial charge in [0.2, 0.25) is 5.91 Å². The van der Waals surface area contributed by atoms with Crippen molar-refractivity contribution in [2.24, 2.45) is 11.8 Å². The summed E-state index contributed by atoms with van der Waals surface area (Å²) in [6, 6.07) is 6.88. The van der Waals surface area contributed by atoms with E-state index in [2.05, 4.69) is 17.2 Å². The Balaban J connectivity index is 1.73. The van der Waals surface area contributed by atoms with Gasteiger partial charge in [0.1, 0.15) is 6.04 Å². The van der Waals surface area contributed by atoms with Gasteiger partial charge in [-0.1, -0.05) is 38.0 Å². The molecule has 1 amide bonds. The lowest BCUT2D eigenvalue weighted by atomic mass is 9.80. The number of carbonyl (C=O) groups excluding carboxylic acids is 1. The highest BCUT2D eigenvalue weighted by Gasteiger charge is 2.31. The van der Waals surface area contributed by atoms with Crippen molar-refractivity contribution in [2.75, 3.05) is 0 Å². The smallest absolute Gasteiger partial charge is 0.326 e. The zero-order chi connectivity index (χ0) is 17.1. The molecule has 5 heteroatoms. The average Bonchev–Trinajstić information content (AvgIpc) is 2.97. The number of aromatic amines is 1. The second kappa shape index (κ2) is 7.07. The van der Waals surface area contributed by atoms with Crippen molar-refractivity contribution < 1.29 is 14.7 Å². The van der Waals surface area contributed by atoms with Gasteiger partial charge in [-0.25, -0.2) is 4.79 Å². The van der Waals surface area contributed by atoms with Gasteiger partial charge in [0.05, 0.1) is 0 Å². The fraction of sp³-hybridized carbons (Fsp3) is 0.474. The third-order valence-corrected chi connectivity index (χ3v) is 5.16. The van der Waals surface area contributed by atoms with Gasteiger partial charge in [-0.3, -0.25) is 4.79 Å². The summed E-state index contributed by atoms with van der Waals surface area (Å²) in [7, 11) is 0. The van der Waals surface area contributed by atoms with Crippen LogP contribution >= 0.6 is 0 Å². The standard InChI is InChI=1S/C19H24N2O3/c1-12-6-2-3-7-14(12)18(22)21-17(19(23)24)10-13-11-20-16-9-5-4-8-15(13)16/h4-5,8-9,11-12,14,17,20H,2-3,6-7,10H2,1H3,(H,21,22)(H,23,24)/t12-,14-,17+/m1/s1. The number of aromatic nitrogens is 1. The number of benzene rings is 1. The lowest BCUT2D eigenvalue weighted by molar-refractivity contribution is -0.143. The molecular formula is C19H24N2O3. The van der Waals surface area contributed by atoms with Gasteiger partial charge >= 0.3 is 5.97 Å². The third kappa shape index (κ3) is 3.45. The predicted octanol–water partition coefficient (Wildman–Crippen LogP) is 3.11. The maximum absolute atomic E-state index is 12.5. The molecule has 0 saturated heterocycles. The second-order valence-electron chi connectivity index (χ2n) is 6.83. The predicted molar refractivity (Wildman–Crippen MR) is 92.7 cm³/mol. The van der Waals surface area contributed by atoms with E-state index < -0.39 is 12.0 Å². The summed E-state index contributed by atoms with van der Waals surface area (Å²) >= 11 is 0. The molecule has 128 valence electrons. The van der Waals surface area contributed by atoms with Gasteiger partial charge in [-0.05, 0) is 30.4 Å². The molecule has 0 aliphatic heterocycles. The van der Waals surface area contributed by atoms with E-state index in [0.29, 0.717) is 5.92 Å². The quantitative estimate of drug-likeness (QED) is 0.789. The highest BCUT2D eigenvalue weighted by molar-refractivity contribution is 5.87. The minimum Gasteiger partial charge on any atom is -0.480 e. The van der Waals surface area contributed by atoms with Crippen molar-refractivity contribution in [3.8, 4) is 0 Å². The number of rotatable bonds is 5. The SMILES string of the molecule is C[C@@H]1CCCC[C@H]1C(=O)N[C@@H](Cc1c[nH]c2ccccc12)C(=O)O. The Morgan fingerprint density at radius 3 is 2.79 bits per heavy atom. The monoisotopic (exact) mass is 328 g/mol. The van der Waals surface area contributed by atoms with Gasteiger partial charge in [0.25, 0.3) is 0 Å². The Labute approximate surface area is 141 Å². The number of carboxylic acid groups (broad SMARTS) is 1. The molecule has 3 atom stereocenters. The highest BCUT2D eigenvalue weighted by Crippen LogP contribution is 2.29. The normalized spacial score (nSPS) is 22.2. The number of nitrogens with one attached hydrogen (secondary N) is 2. The Morgan fingerprint density at radius 2 is 2.04 bits per heavy atom. The van der Waals surface area contributed by atoms with Gasteiger partial charge < -0.3 is 15.4 Å². The van der Waals surface area contributed by atoms with E-state index in [1.165, 1.54) is 0 Å². The van der Waals surface area contributed by atoms with Gasteiger partial charge in [0.15, 0.2) is 0 Å². The van der Waals surface area contributed by atoms with Crippen LogP contribution in [-0.4, -0.2) is 28.0 Å². The first kappa shape index (κ1) is 16.6. The van der Waals surface area contributed by atoms with Crippen molar-refractivity contribution in [3.05, 3.63) is 36.0 Å². The van der Waals surface area contributed by atoms with Crippen LogP contribution < -0.4 is 5.32 Å². The van der Waals surface area contributed by atoms with Crippen LogP contribution in [0.1, 0.15) is 38.2 Å².